The lowest BCUT2D eigenvalue weighted by molar-refractivity contribution is 0.445. The first kappa shape index (κ1) is 24.2. The third-order valence-electron chi connectivity index (χ3n) is 4.91. The SMILES string of the molecule is CCN(CC)S(=O)(=O)c1ccc(N(C)C)c(NS(=O)(=O)c2c(C)cc(C)cc2C)c1. The monoisotopic (exact) mass is 453 g/mol. The summed E-state index contributed by atoms with van der Waals surface area (Å²) >= 11 is 0. The van der Waals surface area contributed by atoms with Gasteiger partial charge in [0.15, 0.2) is 0 Å². The van der Waals surface area contributed by atoms with Gasteiger partial charge in [0.05, 0.1) is 21.2 Å². The van der Waals surface area contributed by atoms with Crippen LogP contribution >= 0.6 is 0 Å². The molecule has 0 saturated heterocycles. The summed E-state index contributed by atoms with van der Waals surface area (Å²) in [5.41, 5.74) is 3.04. The molecule has 0 spiro atoms. The van der Waals surface area contributed by atoms with Crippen molar-refractivity contribution >= 4 is 31.4 Å². The van der Waals surface area contributed by atoms with Crippen LogP contribution in [0.15, 0.2) is 40.1 Å². The summed E-state index contributed by atoms with van der Waals surface area (Å²) in [6, 6.07) is 8.14. The molecule has 0 aliphatic rings. The highest BCUT2D eigenvalue weighted by atomic mass is 32.2. The van der Waals surface area contributed by atoms with E-state index in [9.17, 15) is 16.8 Å². The van der Waals surface area contributed by atoms with Crippen LogP contribution in [-0.2, 0) is 20.0 Å². The Hall–Kier alpha value is -2.10. The van der Waals surface area contributed by atoms with E-state index >= 15 is 0 Å². The third kappa shape index (κ3) is 4.79. The molecule has 30 heavy (non-hydrogen) atoms. The number of hydrogen-bond donors (Lipinski definition) is 1. The summed E-state index contributed by atoms with van der Waals surface area (Å²) in [4.78, 5) is 1.99. The van der Waals surface area contributed by atoms with Crippen molar-refractivity contribution in [1.82, 2.24) is 4.31 Å². The Morgan fingerprint density at radius 2 is 1.40 bits per heavy atom. The van der Waals surface area contributed by atoms with Crippen LogP contribution in [0, 0.1) is 20.8 Å². The largest absolute Gasteiger partial charge is 0.376 e. The maximum atomic E-state index is 13.2. The van der Waals surface area contributed by atoms with Crippen LogP contribution in [-0.4, -0.2) is 48.3 Å². The Labute approximate surface area is 180 Å². The molecule has 0 aliphatic carbocycles. The smallest absolute Gasteiger partial charge is 0.262 e. The Bertz CT molecular complexity index is 1110. The molecule has 0 bridgehead atoms. The molecule has 7 nitrogen and oxygen atoms in total. The molecular weight excluding hydrogens is 422 g/mol. The maximum Gasteiger partial charge on any atom is 0.262 e. The van der Waals surface area contributed by atoms with E-state index in [4.69, 9.17) is 0 Å². The van der Waals surface area contributed by atoms with Gasteiger partial charge in [-0.25, -0.2) is 16.8 Å². The van der Waals surface area contributed by atoms with Crippen molar-refractivity contribution in [3.8, 4) is 0 Å². The molecule has 0 heterocycles. The van der Waals surface area contributed by atoms with E-state index < -0.39 is 20.0 Å². The predicted octanol–water partition coefficient (Wildman–Crippen LogP) is 3.51. The molecule has 0 unspecified atom stereocenters. The molecule has 2 aromatic rings. The van der Waals surface area contributed by atoms with Gasteiger partial charge < -0.3 is 4.90 Å². The fourth-order valence-electron chi connectivity index (χ4n) is 3.65. The number of nitrogens with one attached hydrogen (secondary N) is 1. The minimum absolute atomic E-state index is 0.0480. The Kier molecular flexibility index (Phi) is 7.21. The first-order chi connectivity index (χ1) is 13.8. The molecule has 0 saturated carbocycles. The average molecular weight is 454 g/mol. The minimum atomic E-state index is -3.93. The first-order valence-electron chi connectivity index (χ1n) is 9.77. The van der Waals surface area contributed by atoms with Crippen molar-refractivity contribution in [2.75, 3.05) is 36.8 Å². The maximum absolute atomic E-state index is 13.2. The van der Waals surface area contributed by atoms with E-state index in [0.29, 0.717) is 29.9 Å². The molecule has 0 radical (unpaired) electrons. The summed E-state index contributed by atoms with van der Waals surface area (Å²) in [6.07, 6.45) is 0. The average Bonchev–Trinajstić information content (AvgIpc) is 2.60. The van der Waals surface area contributed by atoms with Crippen LogP contribution in [0.2, 0.25) is 0 Å². The fourth-order valence-corrected chi connectivity index (χ4v) is 6.65. The molecule has 1 N–H and O–H groups in total. The van der Waals surface area contributed by atoms with Crippen LogP contribution in [0.25, 0.3) is 0 Å². The van der Waals surface area contributed by atoms with Crippen molar-refractivity contribution in [3.05, 3.63) is 47.0 Å². The van der Waals surface area contributed by atoms with Crippen molar-refractivity contribution in [2.45, 2.75) is 44.4 Å². The van der Waals surface area contributed by atoms with Crippen LogP contribution in [0.3, 0.4) is 0 Å². The number of benzene rings is 2. The number of hydrogen-bond acceptors (Lipinski definition) is 5. The normalized spacial score (nSPS) is 12.3. The van der Waals surface area contributed by atoms with Gasteiger partial charge in [0.25, 0.3) is 10.0 Å². The van der Waals surface area contributed by atoms with Gasteiger partial charge in [-0.2, -0.15) is 4.31 Å². The van der Waals surface area contributed by atoms with E-state index in [1.807, 2.05) is 19.1 Å². The fraction of sp³-hybridized carbons (Fsp3) is 0.429. The van der Waals surface area contributed by atoms with Crippen molar-refractivity contribution in [1.29, 1.82) is 0 Å². The highest BCUT2D eigenvalue weighted by molar-refractivity contribution is 7.93. The van der Waals surface area contributed by atoms with Crippen LogP contribution < -0.4 is 9.62 Å². The number of rotatable bonds is 8. The highest BCUT2D eigenvalue weighted by Crippen LogP contribution is 2.32. The lowest BCUT2D eigenvalue weighted by atomic mass is 10.1. The molecule has 0 atom stereocenters. The summed E-state index contributed by atoms with van der Waals surface area (Å²) in [7, 11) is -4.11. The van der Waals surface area contributed by atoms with Gasteiger partial charge in [0, 0.05) is 27.2 Å². The van der Waals surface area contributed by atoms with Gasteiger partial charge in [0.1, 0.15) is 0 Å². The molecule has 0 aliphatic heterocycles. The lowest BCUT2D eigenvalue weighted by Crippen LogP contribution is -2.30. The Morgan fingerprint density at radius 3 is 1.87 bits per heavy atom. The van der Waals surface area contributed by atoms with Crippen molar-refractivity contribution in [3.63, 3.8) is 0 Å². The Morgan fingerprint density at radius 1 is 0.867 bits per heavy atom. The van der Waals surface area contributed by atoms with Crippen LogP contribution in [0.1, 0.15) is 30.5 Å². The zero-order valence-corrected chi connectivity index (χ0v) is 20.3. The second-order valence-corrected chi connectivity index (χ2v) is 11.1. The summed E-state index contributed by atoms with van der Waals surface area (Å²) in [6.45, 7) is 9.61. The number of sulfonamides is 2. The third-order valence-corrected chi connectivity index (χ3v) is 8.63. The summed E-state index contributed by atoms with van der Waals surface area (Å²) in [5.74, 6) is 0. The topological polar surface area (TPSA) is 86.8 Å². The van der Waals surface area contributed by atoms with Crippen molar-refractivity contribution in [2.24, 2.45) is 0 Å². The molecule has 0 amide bonds. The second kappa shape index (κ2) is 8.95. The van der Waals surface area contributed by atoms with Gasteiger partial charge in [-0.15, -0.1) is 0 Å². The summed E-state index contributed by atoms with van der Waals surface area (Å²) < 4.78 is 56.3. The summed E-state index contributed by atoms with van der Waals surface area (Å²) in [5, 5.41) is 0. The van der Waals surface area contributed by atoms with Gasteiger partial charge in [-0.1, -0.05) is 31.5 Å². The van der Waals surface area contributed by atoms with E-state index in [1.165, 1.54) is 16.4 Å². The van der Waals surface area contributed by atoms with Gasteiger partial charge >= 0.3 is 0 Å². The number of nitrogens with zero attached hydrogens (tertiary/aromatic N) is 2. The minimum Gasteiger partial charge on any atom is -0.376 e. The molecule has 0 fully saturated rings. The van der Waals surface area contributed by atoms with Gasteiger partial charge in [0.2, 0.25) is 10.0 Å². The highest BCUT2D eigenvalue weighted by Gasteiger charge is 2.26. The molecule has 166 valence electrons. The zero-order chi connectivity index (χ0) is 22.9. The number of aryl methyl sites for hydroxylation is 3. The zero-order valence-electron chi connectivity index (χ0n) is 18.6. The molecule has 9 heteroatoms. The number of anilines is 2. The van der Waals surface area contributed by atoms with Crippen LogP contribution in [0.4, 0.5) is 11.4 Å². The quantitative estimate of drug-likeness (QED) is 0.661. The molecular formula is C21H31N3O4S2. The molecule has 2 rings (SSSR count). The predicted molar refractivity (Wildman–Crippen MR) is 122 cm³/mol. The molecule has 2 aromatic carbocycles. The van der Waals surface area contributed by atoms with Crippen LogP contribution in [0.5, 0.6) is 0 Å². The standard InChI is InChI=1S/C21H31N3O4S2/c1-8-24(9-2)30(27,28)18-10-11-20(23(6)7)19(14-18)22-29(25,26)21-16(4)12-15(3)13-17(21)5/h10-14,22H,8-9H2,1-7H3. The Balaban J connectivity index is 2.63. The van der Waals surface area contributed by atoms with Gasteiger partial charge in [-0.3, -0.25) is 4.72 Å². The first-order valence-corrected chi connectivity index (χ1v) is 12.7. The lowest BCUT2D eigenvalue weighted by Gasteiger charge is -2.23. The van der Waals surface area contributed by atoms with E-state index in [2.05, 4.69) is 4.72 Å². The van der Waals surface area contributed by atoms with Gasteiger partial charge in [-0.05, 0) is 50.1 Å². The van der Waals surface area contributed by atoms with E-state index in [-0.39, 0.29) is 15.5 Å². The van der Waals surface area contributed by atoms with Crippen molar-refractivity contribution < 1.29 is 16.8 Å². The second-order valence-electron chi connectivity index (χ2n) is 7.50. The molecule has 0 aromatic heterocycles. The van der Waals surface area contributed by atoms with E-state index in [0.717, 1.165) is 5.56 Å². The van der Waals surface area contributed by atoms with E-state index in [1.54, 1.807) is 52.8 Å².